The minimum Gasteiger partial charge on any atom is -0.462 e. The van der Waals surface area contributed by atoms with Crippen molar-refractivity contribution < 1.29 is 13.9 Å². The molecule has 2 aromatic rings. The van der Waals surface area contributed by atoms with E-state index in [1.54, 1.807) is 19.1 Å². The molecule has 2 heterocycles. The lowest BCUT2D eigenvalue weighted by molar-refractivity contribution is -0.139. The summed E-state index contributed by atoms with van der Waals surface area (Å²) in [7, 11) is 0. The highest BCUT2D eigenvalue weighted by atomic mass is 19.1. The second kappa shape index (κ2) is 7.42. The molecular formula is C17H20FN5O2. The van der Waals surface area contributed by atoms with E-state index < -0.39 is 12.0 Å². The molecule has 1 aliphatic rings. The lowest BCUT2D eigenvalue weighted by Crippen LogP contribution is -2.30. The van der Waals surface area contributed by atoms with E-state index >= 15 is 0 Å². The van der Waals surface area contributed by atoms with E-state index in [0.717, 1.165) is 19.3 Å². The van der Waals surface area contributed by atoms with Crippen molar-refractivity contribution in [1.29, 1.82) is 0 Å². The standard InChI is InChI=1S/C17H20FN5O2/c1-3-4-5-9-25-16(24)14-11(2)19-17-20-21-22-23(17)15(14)12-7-6-8-13(18)10-12/h6-8,10,15H,3-5,9H2,1-2H3,(H,19,20,22)/t15-/m0/s1. The monoisotopic (exact) mass is 345 g/mol. The van der Waals surface area contributed by atoms with Crippen LogP contribution in [-0.2, 0) is 9.53 Å². The van der Waals surface area contributed by atoms with Crippen molar-refractivity contribution >= 4 is 11.9 Å². The zero-order chi connectivity index (χ0) is 17.8. The van der Waals surface area contributed by atoms with E-state index in [0.29, 0.717) is 29.4 Å². The number of esters is 1. The van der Waals surface area contributed by atoms with E-state index in [1.165, 1.54) is 16.8 Å². The summed E-state index contributed by atoms with van der Waals surface area (Å²) in [5.74, 6) is -0.440. The summed E-state index contributed by atoms with van der Waals surface area (Å²) in [6.07, 6.45) is 2.84. The number of carbonyl (C=O) groups excluding carboxylic acids is 1. The van der Waals surface area contributed by atoms with Crippen molar-refractivity contribution in [2.45, 2.75) is 39.2 Å². The molecule has 7 nitrogen and oxygen atoms in total. The highest BCUT2D eigenvalue weighted by Gasteiger charge is 2.35. The lowest BCUT2D eigenvalue weighted by atomic mass is 9.96. The Morgan fingerprint density at radius 1 is 1.40 bits per heavy atom. The van der Waals surface area contributed by atoms with Crippen LogP contribution < -0.4 is 5.32 Å². The summed E-state index contributed by atoms with van der Waals surface area (Å²) in [6.45, 7) is 4.19. The lowest BCUT2D eigenvalue weighted by Gasteiger charge is -2.27. The molecule has 1 atom stereocenters. The minimum atomic E-state index is -0.638. The summed E-state index contributed by atoms with van der Waals surface area (Å²) in [6, 6.07) is 5.42. The quantitative estimate of drug-likeness (QED) is 0.640. The number of tetrazole rings is 1. The van der Waals surface area contributed by atoms with Gasteiger partial charge in [-0.3, -0.25) is 0 Å². The highest BCUT2D eigenvalue weighted by Crippen LogP contribution is 2.34. The number of aromatic nitrogens is 4. The maximum atomic E-state index is 13.7. The number of nitrogens with one attached hydrogen (secondary N) is 1. The fourth-order valence-electron chi connectivity index (χ4n) is 2.86. The Morgan fingerprint density at radius 3 is 3.00 bits per heavy atom. The normalized spacial score (nSPS) is 16.4. The van der Waals surface area contributed by atoms with Crippen LogP contribution in [0.25, 0.3) is 0 Å². The second-order valence-electron chi connectivity index (χ2n) is 5.91. The van der Waals surface area contributed by atoms with E-state index in [4.69, 9.17) is 4.74 Å². The van der Waals surface area contributed by atoms with Gasteiger partial charge in [-0.1, -0.05) is 37.0 Å². The Morgan fingerprint density at radius 2 is 2.24 bits per heavy atom. The third kappa shape index (κ3) is 3.52. The smallest absolute Gasteiger partial charge is 0.338 e. The first-order valence-corrected chi connectivity index (χ1v) is 8.30. The van der Waals surface area contributed by atoms with Crippen LogP contribution >= 0.6 is 0 Å². The molecule has 0 saturated heterocycles. The number of ether oxygens (including phenoxy) is 1. The van der Waals surface area contributed by atoms with Crippen molar-refractivity contribution in [3.05, 3.63) is 46.9 Å². The number of carbonyl (C=O) groups is 1. The number of benzene rings is 1. The predicted octanol–water partition coefficient (Wildman–Crippen LogP) is 2.83. The molecule has 0 saturated carbocycles. The number of hydrogen-bond acceptors (Lipinski definition) is 6. The molecule has 0 bridgehead atoms. The SMILES string of the molecule is CCCCCOC(=O)C1=C(C)Nc2nnnn2[C@H]1c1cccc(F)c1. The van der Waals surface area contributed by atoms with Crippen LogP contribution in [0.3, 0.4) is 0 Å². The third-order valence-electron chi connectivity index (χ3n) is 4.08. The van der Waals surface area contributed by atoms with Gasteiger partial charge in [-0.2, -0.15) is 4.68 Å². The molecule has 0 spiro atoms. The molecule has 1 aliphatic heterocycles. The number of rotatable bonds is 6. The molecule has 0 amide bonds. The fraction of sp³-hybridized carbons (Fsp3) is 0.412. The number of nitrogens with zero attached hydrogens (tertiary/aromatic N) is 4. The summed E-state index contributed by atoms with van der Waals surface area (Å²) in [5, 5.41) is 14.5. The Labute approximate surface area is 144 Å². The van der Waals surface area contributed by atoms with Crippen LogP contribution in [0, 0.1) is 5.82 Å². The Bertz CT molecular complexity index is 802. The summed E-state index contributed by atoms with van der Waals surface area (Å²) in [4.78, 5) is 12.7. The first kappa shape index (κ1) is 17.1. The molecule has 0 radical (unpaired) electrons. The molecule has 3 rings (SSSR count). The van der Waals surface area contributed by atoms with Crippen LogP contribution in [0.1, 0.15) is 44.7 Å². The molecule has 0 unspecified atom stereocenters. The minimum absolute atomic E-state index is 0.349. The van der Waals surface area contributed by atoms with E-state index in [2.05, 4.69) is 27.8 Å². The van der Waals surface area contributed by atoms with Crippen LogP contribution in [-0.4, -0.2) is 32.8 Å². The number of hydrogen-bond donors (Lipinski definition) is 1. The van der Waals surface area contributed by atoms with Crippen molar-refractivity contribution in [1.82, 2.24) is 20.2 Å². The molecule has 8 heteroatoms. The summed E-state index contributed by atoms with van der Waals surface area (Å²) >= 11 is 0. The van der Waals surface area contributed by atoms with Crippen LogP contribution in [0.5, 0.6) is 0 Å². The molecule has 0 fully saturated rings. The van der Waals surface area contributed by atoms with Gasteiger partial charge < -0.3 is 10.1 Å². The third-order valence-corrected chi connectivity index (χ3v) is 4.08. The van der Waals surface area contributed by atoms with Crippen LogP contribution in [0.15, 0.2) is 35.5 Å². The molecule has 1 N–H and O–H groups in total. The number of allylic oxidation sites excluding steroid dienone is 1. The maximum Gasteiger partial charge on any atom is 0.338 e. The van der Waals surface area contributed by atoms with Crippen molar-refractivity contribution in [3.8, 4) is 0 Å². The van der Waals surface area contributed by atoms with Gasteiger partial charge in [0.25, 0.3) is 0 Å². The molecule has 1 aromatic carbocycles. The fourth-order valence-corrected chi connectivity index (χ4v) is 2.86. The molecule has 0 aliphatic carbocycles. The first-order valence-electron chi connectivity index (χ1n) is 8.30. The van der Waals surface area contributed by atoms with Gasteiger partial charge in [0, 0.05) is 5.70 Å². The van der Waals surface area contributed by atoms with Crippen molar-refractivity contribution in [2.24, 2.45) is 0 Å². The average molecular weight is 345 g/mol. The van der Waals surface area contributed by atoms with E-state index in [1.807, 2.05) is 0 Å². The van der Waals surface area contributed by atoms with Crippen LogP contribution in [0.4, 0.5) is 10.3 Å². The molecule has 25 heavy (non-hydrogen) atoms. The number of anilines is 1. The van der Waals surface area contributed by atoms with Gasteiger partial charge in [-0.25, -0.2) is 9.18 Å². The Hall–Kier alpha value is -2.77. The van der Waals surface area contributed by atoms with Gasteiger partial charge in [0.15, 0.2) is 0 Å². The molecule has 132 valence electrons. The molecular weight excluding hydrogens is 325 g/mol. The first-order chi connectivity index (χ1) is 12.1. The van der Waals surface area contributed by atoms with Gasteiger partial charge in [0.2, 0.25) is 5.95 Å². The van der Waals surface area contributed by atoms with E-state index in [-0.39, 0.29) is 5.82 Å². The van der Waals surface area contributed by atoms with Crippen molar-refractivity contribution in [2.75, 3.05) is 11.9 Å². The summed E-state index contributed by atoms with van der Waals surface area (Å²) < 4.78 is 20.6. The Balaban J connectivity index is 1.94. The second-order valence-corrected chi connectivity index (χ2v) is 5.91. The van der Waals surface area contributed by atoms with Crippen LogP contribution in [0.2, 0.25) is 0 Å². The average Bonchev–Trinajstić information content (AvgIpc) is 3.05. The van der Waals surface area contributed by atoms with Gasteiger partial charge in [0.05, 0.1) is 12.2 Å². The van der Waals surface area contributed by atoms with Crippen molar-refractivity contribution in [3.63, 3.8) is 0 Å². The predicted molar refractivity (Wildman–Crippen MR) is 89.2 cm³/mol. The maximum absolute atomic E-state index is 13.7. The van der Waals surface area contributed by atoms with Gasteiger partial charge in [-0.15, -0.1) is 0 Å². The van der Waals surface area contributed by atoms with Gasteiger partial charge in [-0.05, 0) is 41.5 Å². The summed E-state index contributed by atoms with van der Waals surface area (Å²) in [5.41, 5.74) is 1.55. The van der Waals surface area contributed by atoms with Gasteiger partial charge >= 0.3 is 5.97 Å². The van der Waals surface area contributed by atoms with Gasteiger partial charge in [0.1, 0.15) is 11.9 Å². The number of fused-ring (bicyclic) bond motifs is 1. The Kier molecular flexibility index (Phi) is 5.06. The number of unbranched alkanes of at least 4 members (excludes halogenated alkanes) is 2. The largest absolute Gasteiger partial charge is 0.462 e. The highest BCUT2D eigenvalue weighted by molar-refractivity contribution is 5.92. The zero-order valence-corrected chi connectivity index (χ0v) is 14.2. The van der Waals surface area contributed by atoms with E-state index in [9.17, 15) is 9.18 Å². The topological polar surface area (TPSA) is 81.9 Å². The molecule has 1 aromatic heterocycles. The number of halogens is 1. The zero-order valence-electron chi connectivity index (χ0n) is 14.2.